The maximum atomic E-state index is 12.6. The Morgan fingerprint density at radius 3 is 2.41 bits per heavy atom. The van der Waals surface area contributed by atoms with Crippen LogP contribution in [0.3, 0.4) is 0 Å². The van der Waals surface area contributed by atoms with Crippen LogP contribution < -0.4 is 15.4 Å². The molecule has 1 aromatic carbocycles. The van der Waals surface area contributed by atoms with Gasteiger partial charge in [-0.05, 0) is 48.7 Å². The van der Waals surface area contributed by atoms with Crippen LogP contribution >= 0.6 is 0 Å². The molecule has 2 aromatic heterocycles. The fourth-order valence-electron chi connectivity index (χ4n) is 2.90. The lowest BCUT2D eigenvalue weighted by Gasteiger charge is -2.10. The second kappa shape index (κ2) is 8.66. The van der Waals surface area contributed by atoms with Gasteiger partial charge in [-0.15, -0.1) is 13.2 Å². The van der Waals surface area contributed by atoms with E-state index >= 15 is 0 Å². The third-order valence-electron chi connectivity index (χ3n) is 4.58. The number of rotatable bonds is 6. The van der Waals surface area contributed by atoms with Crippen molar-refractivity contribution < 1.29 is 27.5 Å². The SMILES string of the molecule is O=C(Nc1cncc(-c2ccc(OC(F)(F)F)cc2)c1)c1ccnc(C(=O)NC2CC2)c1. The number of hydrogen-bond acceptors (Lipinski definition) is 5. The molecule has 0 unspecified atom stereocenters. The molecule has 10 heteroatoms. The van der Waals surface area contributed by atoms with Gasteiger partial charge in [0.05, 0.1) is 11.9 Å². The molecule has 1 saturated carbocycles. The highest BCUT2D eigenvalue weighted by molar-refractivity contribution is 6.05. The first-order valence-electron chi connectivity index (χ1n) is 9.66. The minimum absolute atomic E-state index is 0.151. The lowest BCUT2D eigenvalue weighted by molar-refractivity contribution is -0.274. The molecule has 7 nitrogen and oxygen atoms in total. The number of carbonyl (C=O) groups excluding carboxylic acids is 2. The average molecular weight is 442 g/mol. The fourth-order valence-corrected chi connectivity index (χ4v) is 2.90. The summed E-state index contributed by atoms with van der Waals surface area (Å²) in [6.45, 7) is 0. The van der Waals surface area contributed by atoms with Crippen molar-refractivity contribution in [3.05, 3.63) is 72.3 Å². The van der Waals surface area contributed by atoms with Crippen molar-refractivity contribution in [2.75, 3.05) is 5.32 Å². The summed E-state index contributed by atoms with van der Waals surface area (Å²) >= 11 is 0. The van der Waals surface area contributed by atoms with E-state index in [9.17, 15) is 22.8 Å². The topological polar surface area (TPSA) is 93.2 Å². The third kappa shape index (κ3) is 5.60. The summed E-state index contributed by atoms with van der Waals surface area (Å²) < 4.78 is 40.8. The Bertz CT molecular complexity index is 1150. The molecule has 0 radical (unpaired) electrons. The van der Waals surface area contributed by atoms with Crippen LogP contribution in [0.1, 0.15) is 33.7 Å². The maximum absolute atomic E-state index is 12.6. The molecular formula is C22H17F3N4O3. The lowest BCUT2D eigenvalue weighted by atomic mass is 10.1. The van der Waals surface area contributed by atoms with Gasteiger partial charge in [-0.3, -0.25) is 19.6 Å². The normalized spacial score (nSPS) is 13.3. The Morgan fingerprint density at radius 1 is 0.969 bits per heavy atom. The first-order chi connectivity index (χ1) is 15.3. The molecule has 0 aliphatic heterocycles. The van der Waals surface area contributed by atoms with Crippen LogP contribution in [0.25, 0.3) is 11.1 Å². The van der Waals surface area contributed by atoms with Gasteiger partial charge in [0.15, 0.2) is 0 Å². The number of carbonyl (C=O) groups is 2. The molecule has 0 spiro atoms. The number of hydrogen-bond donors (Lipinski definition) is 2. The number of anilines is 1. The van der Waals surface area contributed by atoms with Crippen LogP contribution in [0.4, 0.5) is 18.9 Å². The van der Waals surface area contributed by atoms with Gasteiger partial charge in [-0.2, -0.15) is 0 Å². The number of nitrogens with zero attached hydrogens (tertiary/aromatic N) is 2. The first-order valence-corrected chi connectivity index (χ1v) is 9.66. The number of amides is 2. The summed E-state index contributed by atoms with van der Waals surface area (Å²) in [4.78, 5) is 32.9. The van der Waals surface area contributed by atoms with Crippen LogP contribution in [-0.4, -0.2) is 34.2 Å². The van der Waals surface area contributed by atoms with Gasteiger partial charge in [-0.1, -0.05) is 12.1 Å². The minimum atomic E-state index is -4.77. The van der Waals surface area contributed by atoms with E-state index in [1.54, 1.807) is 6.07 Å². The largest absolute Gasteiger partial charge is 0.573 e. The smallest absolute Gasteiger partial charge is 0.406 e. The zero-order chi connectivity index (χ0) is 22.7. The molecule has 3 aromatic rings. The van der Waals surface area contributed by atoms with Gasteiger partial charge < -0.3 is 15.4 Å². The van der Waals surface area contributed by atoms with Crippen molar-refractivity contribution in [2.24, 2.45) is 0 Å². The minimum Gasteiger partial charge on any atom is -0.406 e. The van der Waals surface area contributed by atoms with Gasteiger partial charge in [-0.25, -0.2) is 0 Å². The van der Waals surface area contributed by atoms with Gasteiger partial charge in [0.25, 0.3) is 11.8 Å². The Labute approximate surface area is 180 Å². The van der Waals surface area contributed by atoms with Gasteiger partial charge >= 0.3 is 6.36 Å². The average Bonchev–Trinajstić information content (AvgIpc) is 3.57. The third-order valence-corrected chi connectivity index (χ3v) is 4.58. The number of pyridine rings is 2. The Kier molecular flexibility index (Phi) is 5.76. The Hall–Kier alpha value is -3.95. The van der Waals surface area contributed by atoms with E-state index in [0.717, 1.165) is 12.8 Å². The molecule has 0 bridgehead atoms. The molecule has 0 saturated heterocycles. The molecule has 2 heterocycles. The van der Waals surface area contributed by atoms with Crippen LogP contribution in [0.15, 0.2) is 61.1 Å². The summed E-state index contributed by atoms with van der Waals surface area (Å²) in [5, 5.41) is 5.51. The number of nitrogens with one attached hydrogen (secondary N) is 2. The van der Waals surface area contributed by atoms with Gasteiger partial charge in [0.1, 0.15) is 11.4 Å². The van der Waals surface area contributed by atoms with E-state index in [1.165, 1.54) is 55.0 Å². The van der Waals surface area contributed by atoms with Crippen molar-refractivity contribution in [1.82, 2.24) is 15.3 Å². The van der Waals surface area contributed by atoms with Crippen molar-refractivity contribution >= 4 is 17.5 Å². The monoisotopic (exact) mass is 442 g/mol. The molecule has 4 rings (SSSR count). The second-order valence-corrected chi connectivity index (χ2v) is 7.17. The van der Waals surface area contributed by atoms with Crippen molar-refractivity contribution in [3.8, 4) is 16.9 Å². The predicted octanol–water partition coefficient (Wildman–Crippen LogP) is 4.19. The Balaban J connectivity index is 1.46. The molecule has 2 N–H and O–H groups in total. The number of ether oxygens (including phenoxy) is 1. The van der Waals surface area contributed by atoms with Crippen LogP contribution in [0.5, 0.6) is 5.75 Å². The Morgan fingerprint density at radius 2 is 1.72 bits per heavy atom. The second-order valence-electron chi connectivity index (χ2n) is 7.17. The van der Waals surface area contributed by atoms with E-state index in [4.69, 9.17) is 0 Å². The molecule has 1 fully saturated rings. The van der Waals surface area contributed by atoms with Crippen LogP contribution in [0, 0.1) is 0 Å². The highest BCUT2D eigenvalue weighted by Crippen LogP contribution is 2.27. The molecule has 32 heavy (non-hydrogen) atoms. The molecule has 1 aliphatic carbocycles. The molecule has 164 valence electrons. The van der Waals surface area contributed by atoms with Crippen molar-refractivity contribution in [3.63, 3.8) is 0 Å². The quantitative estimate of drug-likeness (QED) is 0.597. The summed E-state index contributed by atoms with van der Waals surface area (Å²) in [6.07, 6.45) is 1.45. The molecule has 1 aliphatic rings. The van der Waals surface area contributed by atoms with E-state index in [2.05, 4.69) is 25.3 Å². The van der Waals surface area contributed by atoms with Gasteiger partial charge in [0.2, 0.25) is 0 Å². The lowest BCUT2D eigenvalue weighted by Crippen LogP contribution is -2.26. The highest BCUT2D eigenvalue weighted by atomic mass is 19.4. The zero-order valence-electron chi connectivity index (χ0n) is 16.5. The van der Waals surface area contributed by atoms with Crippen molar-refractivity contribution in [1.29, 1.82) is 0 Å². The van der Waals surface area contributed by atoms with Crippen LogP contribution in [-0.2, 0) is 0 Å². The highest BCUT2D eigenvalue weighted by Gasteiger charge is 2.31. The van der Waals surface area contributed by atoms with E-state index < -0.39 is 12.3 Å². The van der Waals surface area contributed by atoms with E-state index in [0.29, 0.717) is 16.8 Å². The number of alkyl halides is 3. The predicted molar refractivity (Wildman–Crippen MR) is 109 cm³/mol. The van der Waals surface area contributed by atoms with E-state index in [-0.39, 0.29) is 29.0 Å². The first kappa shape index (κ1) is 21.3. The maximum Gasteiger partial charge on any atom is 0.573 e. The molecular weight excluding hydrogens is 425 g/mol. The van der Waals surface area contributed by atoms with Crippen molar-refractivity contribution in [2.45, 2.75) is 25.2 Å². The standard InChI is InChI=1S/C22H17F3N4O3/c23-22(24,25)32-18-5-1-13(2-6-18)15-9-17(12-26-11-15)29-20(30)14-7-8-27-19(10-14)21(31)28-16-3-4-16/h1-2,5-12,16H,3-4H2,(H,28,31)(H,29,30). The van der Waals surface area contributed by atoms with Gasteiger partial charge in [0, 0.05) is 29.6 Å². The number of aromatic nitrogens is 2. The summed E-state index contributed by atoms with van der Waals surface area (Å²) in [5.41, 5.74) is 1.95. The van der Waals surface area contributed by atoms with Crippen LogP contribution in [0.2, 0.25) is 0 Å². The summed E-state index contributed by atoms with van der Waals surface area (Å²) in [7, 11) is 0. The molecule has 0 atom stereocenters. The molecule has 2 amide bonds. The fraction of sp³-hybridized carbons (Fsp3) is 0.182. The number of benzene rings is 1. The summed E-state index contributed by atoms with van der Waals surface area (Å²) in [5.74, 6) is -1.12. The van der Waals surface area contributed by atoms with E-state index in [1.807, 2.05) is 0 Å². The number of halogens is 3. The zero-order valence-corrected chi connectivity index (χ0v) is 16.5. The summed E-state index contributed by atoms with van der Waals surface area (Å²) in [6, 6.07) is 9.99.